The molecule has 2 N–H and O–H groups in total. The zero-order valence-electron chi connectivity index (χ0n) is 11.9. The Morgan fingerprint density at radius 2 is 1.90 bits per heavy atom. The van der Waals surface area contributed by atoms with E-state index in [1.54, 1.807) is 19.2 Å². The number of benzene rings is 1. The molecular weight excluding hydrogens is 280 g/mol. The monoisotopic (exact) mass is 302 g/mol. The normalized spacial score (nSPS) is 12.0. The van der Waals surface area contributed by atoms with Crippen molar-refractivity contribution in [3.8, 4) is 0 Å². The number of hydrogen-bond donors (Lipinski definition) is 2. The van der Waals surface area contributed by atoms with Gasteiger partial charge >= 0.3 is 0 Å². The highest BCUT2D eigenvalue weighted by atomic mass is 32.2. The van der Waals surface area contributed by atoms with Crippen LogP contribution in [0.2, 0.25) is 0 Å². The lowest BCUT2D eigenvalue weighted by molar-refractivity contribution is 0.162. The van der Waals surface area contributed by atoms with Gasteiger partial charge in [-0.2, -0.15) is 0 Å². The average molecular weight is 302 g/mol. The SMILES string of the molecule is COCCN(C)CCNS(=O)(=O)c1ccc(CO)cc1. The highest BCUT2D eigenvalue weighted by Crippen LogP contribution is 2.10. The van der Waals surface area contributed by atoms with Crippen LogP contribution in [-0.2, 0) is 21.4 Å². The maximum absolute atomic E-state index is 12.0. The van der Waals surface area contributed by atoms with E-state index < -0.39 is 10.0 Å². The van der Waals surface area contributed by atoms with Crippen LogP contribution in [0.25, 0.3) is 0 Å². The predicted molar refractivity (Wildman–Crippen MR) is 76.9 cm³/mol. The van der Waals surface area contributed by atoms with Crippen LogP contribution in [0, 0.1) is 0 Å². The zero-order chi connectivity index (χ0) is 15.0. The lowest BCUT2D eigenvalue weighted by Gasteiger charge is -2.16. The maximum Gasteiger partial charge on any atom is 0.240 e. The Balaban J connectivity index is 2.48. The van der Waals surface area contributed by atoms with E-state index >= 15 is 0 Å². The van der Waals surface area contributed by atoms with Crippen molar-refractivity contribution in [3.05, 3.63) is 29.8 Å². The number of nitrogens with one attached hydrogen (secondary N) is 1. The van der Waals surface area contributed by atoms with Crippen molar-refractivity contribution in [1.29, 1.82) is 0 Å². The van der Waals surface area contributed by atoms with E-state index in [1.807, 2.05) is 11.9 Å². The first-order valence-corrected chi connectivity index (χ1v) is 7.85. The molecule has 1 aromatic rings. The van der Waals surface area contributed by atoms with Crippen molar-refractivity contribution < 1.29 is 18.3 Å². The first-order valence-electron chi connectivity index (χ1n) is 6.36. The molecule has 0 saturated carbocycles. The molecule has 6 nitrogen and oxygen atoms in total. The molecule has 0 aromatic heterocycles. The number of likely N-dealkylation sites (N-methyl/N-ethyl adjacent to an activating group) is 1. The fraction of sp³-hybridized carbons (Fsp3) is 0.538. The van der Waals surface area contributed by atoms with Gasteiger partial charge in [-0.15, -0.1) is 0 Å². The minimum absolute atomic E-state index is 0.0992. The fourth-order valence-electron chi connectivity index (χ4n) is 1.59. The van der Waals surface area contributed by atoms with Crippen molar-refractivity contribution in [2.75, 3.05) is 40.4 Å². The van der Waals surface area contributed by atoms with Gasteiger partial charge in [-0.3, -0.25) is 0 Å². The Labute approximate surface area is 120 Å². The van der Waals surface area contributed by atoms with Crippen molar-refractivity contribution >= 4 is 10.0 Å². The molecule has 20 heavy (non-hydrogen) atoms. The number of sulfonamides is 1. The smallest absolute Gasteiger partial charge is 0.240 e. The Hall–Kier alpha value is -0.990. The van der Waals surface area contributed by atoms with Crippen LogP contribution >= 0.6 is 0 Å². The van der Waals surface area contributed by atoms with Crippen LogP contribution < -0.4 is 4.72 Å². The topological polar surface area (TPSA) is 78.9 Å². The molecule has 0 spiro atoms. The van der Waals surface area contributed by atoms with Crippen LogP contribution in [0.3, 0.4) is 0 Å². The van der Waals surface area contributed by atoms with Crippen molar-refractivity contribution in [2.45, 2.75) is 11.5 Å². The minimum atomic E-state index is -3.49. The number of nitrogens with zero attached hydrogens (tertiary/aromatic N) is 1. The first kappa shape index (κ1) is 17.1. The summed E-state index contributed by atoms with van der Waals surface area (Å²) >= 11 is 0. The van der Waals surface area contributed by atoms with Gasteiger partial charge in [0.2, 0.25) is 10.0 Å². The molecule has 1 aromatic carbocycles. The van der Waals surface area contributed by atoms with Crippen molar-refractivity contribution in [2.24, 2.45) is 0 Å². The molecule has 114 valence electrons. The number of hydrogen-bond acceptors (Lipinski definition) is 5. The van der Waals surface area contributed by atoms with E-state index in [-0.39, 0.29) is 11.5 Å². The highest BCUT2D eigenvalue weighted by Gasteiger charge is 2.13. The summed E-state index contributed by atoms with van der Waals surface area (Å²) in [5.74, 6) is 0. The zero-order valence-corrected chi connectivity index (χ0v) is 12.7. The van der Waals surface area contributed by atoms with E-state index in [0.29, 0.717) is 25.3 Å². The van der Waals surface area contributed by atoms with Gasteiger partial charge in [0.15, 0.2) is 0 Å². The summed E-state index contributed by atoms with van der Waals surface area (Å²) < 4.78 is 31.5. The summed E-state index contributed by atoms with van der Waals surface area (Å²) in [7, 11) is 0.0467. The Morgan fingerprint density at radius 1 is 1.25 bits per heavy atom. The molecule has 0 aliphatic heterocycles. The van der Waals surface area contributed by atoms with E-state index in [1.165, 1.54) is 12.1 Å². The van der Waals surface area contributed by atoms with Crippen molar-refractivity contribution in [3.63, 3.8) is 0 Å². The Bertz CT molecular complexity index is 488. The third-order valence-corrected chi connectivity index (χ3v) is 4.36. The van der Waals surface area contributed by atoms with Crippen LogP contribution in [0.4, 0.5) is 0 Å². The van der Waals surface area contributed by atoms with E-state index in [9.17, 15) is 8.42 Å². The Morgan fingerprint density at radius 3 is 2.45 bits per heavy atom. The third kappa shape index (κ3) is 5.56. The van der Waals surface area contributed by atoms with E-state index in [2.05, 4.69) is 4.72 Å². The molecule has 0 radical (unpaired) electrons. The summed E-state index contributed by atoms with van der Waals surface area (Å²) in [6, 6.07) is 6.17. The number of ether oxygens (including phenoxy) is 1. The lowest BCUT2D eigenvalue weighted by Crippen LogP contribution is -2.34. The second-order valence-corrected chi connectivity index (χ2v) is 6.26. The molecule has 0 saturated heterocycles. The van der Waals surface area contributed by atoms with E-state index in [4.69, 9.17) is 9.84 Å². The molecular formula is C13H22N2O4S. The largest absolute Gasteiger partial charge is 0.392 e. The summed E-state index contributed by atoms with van der Waals surface area (Å²) in [6.45, 7) is 2.22. The average Bonchev–Trinajstić information content (AvgIpc) is 2.45. The van der Waals surface area contributed by atoms with Crippen LogP contribution in [0.5, 0.6) is 0 Å². The lowest BCUT2D eigenvalue weighted by atomic mass is 10.2. The third-order valence-electron chi connectivity index (χ3n) is 2.88. The number of aliphatic hydroxyl groups excluding tert-OH is 1. The second-order valence-electron chi connectivity index (χ2n) is 4.50. The molecule has 0 atom stereocenters. The fourth-order valence-corrected chi connectivity index (χ4v) is 2.61. The highest BCUT2D eigenvalue weighted by molar-refractivity contribution is 7.89. The summed E-state index contributed by atoms with van der Waals surface area (Å²) in [5.41, 5.74) is 0.684. The number of methoxy groups -OCH3 is 1. The number of aliphatic hydroxyl groups is 1. The van der Waals surface area contributed by atoms with Gasteiger partial charge in [0.1, 0.15) is 0 Å². The molecule has 1 rings (SSSR count). The molecule has 7 heteroatoms. The molecule has 0 aliphatic rings. The van der Waals surface area contributed by atoms with Gasteiger partial charge in [0.05, 0.1) is 18.1 Å². The number of rotatable bonds is 9. The van der Waals surface area contributed by atoms with E-state index in [0.717, 1.165) is 6.54 Å². The second kappa shape index (κ2) is 8.33. The van der Waals surface area contributed by atoms with Gasteiger partial charge in [0.25, 0.3) is 0 Å². The van der Waals surface area contributed by atoms with Crippen molar-refractivity contribution in [1.82, 2.24) is 9.62 Å². The minimum Gasteiger partial charge on any atom is -0.392 e. The summed E-state index contributed by atoms with van der Waals surface area (Å²) in [6.07, 6.45) is 0. The Kier molecular flexibility index (Phi) is 7.11. The summed E-state index contributed by atoms with van der Waals surface area (Å²) in [4.78, 5) is 2.19. The van der Waals surface area contributed by atoms with Gasteiger partial charge in [0, 0.05) is 26.7 Å². The predicted octanol–water partition coefficient (Wildman–Crippen LogP) is 0.0354. The molecule has 0 fully saturated rings. The van der Waals surface area contributed by atoms with Gasteiger partial charge in [-0.25, -0.2) is 13.1 Å². The van der Waals surface area contributed by atoms with Crippen LogP contribution in [0.15, 0.2) is 29.2 Å². The summed E-state index contributed by atoms with van der Waals surface area (Å²) in [5, 5.41) is 8.92. The van der Waals surface area contributed by atoms with Gasteiger partial charge in [-0.1, -0.05) is 12.1 Å². The van der Waals surface area contributed by atoms with Gasteiger partial charge < -0.3 is 14.7 Å². The van der Waals surface area contributed by atoms with Crippen LogP contribution in [-0.4, -0.2) is 58.8 Å². The molecule has 0 unspecified atom stereocenters. The van der Waals surface area contributed by atoms with Gasteiger partial charge in [-0.05, 0) is 24.7 Å². The van der Waals surface area contributed by atoms with Crippen LogP contribution in [0.1, 0.15) is 5.56 Å². The molecule has 0 heterocycles. The molecule has 0 aliphatic carbocycles. The molecule has 0 bridgehead atoms. The maximum atomic E-state index is 12.0. The first-order chi connectivity index (χ1) is 9.49. The molecule has 0 amide bonds. The quantitative estimate of drug-likeness (QED) is 0.673. The standard InChI is InChI=1S/C13H22N2O4S/c1-15(9-10-19-2)8-7-14-20(17,18)13-5-3-12(11-16)4-6-13/h3-6,14,16H,7-11H2,1-2H3.